The van der Waals surface area contributed by atoms with Gasteiger partial charge in [0, 0.05) is 11.5 Å². The van der Waals surface area contributed by atoms with Crippen LogP contribution in [0, 0.1) is 28.6 Å². The lowest BCUT2D eigenvalue weighted by molar-refractivity contribution is 0.104. The molecule has 0 aromatic heterocycles. The summed E-state index contributed by atoms with van der Waals surface area (Å²) >= 11 is 0. The molecule has 4 N–H and O–H groups in total. The van der Waals surface area contributed by atoms with E-state index in [0.29, 0.717) is 0 Å². The molecule has 10 heteroatoms. The number of rotatable bonds is 4. The summed E-state index contributed by atoms with van der Waals surface area (Å²) in [5, 5.41) is 56.6. The van der Waals surface area contributed by atoms with E-state index in [-0.39, 0.29) is 11.1 Å². The molecule has 0 spiro atoms. The molecule has 1 aliphatic rings. The number of aliphatic hydroxyl groups excluding tert-OH is 2. The lowest BCUT2D eigenvalue weighted by atomic mass is 9.87. The molecule has 146 valence electrons. The van der Waals surface area contributed by atoms with Crippen LogP contribution in [0.3, 0.4) is 0 Å². The first kappa shape index (κ1) is 21.0. The van der Waals surface area contributed by atoms with Gasteiger partial charge in [0.25, 0.3) is 0 Å². The van der Waals surface area contributed by atoms with Gasteiger partial charge in [-0.25, -0.2) is 0 Å². The number of carbonyl (C=O) groups is 1. The molecule has 1 atom stereocenters. The van der Waals surface area contributed by atoms with E-state index in [1.807, 2.05) is 0 Å². The Morgan fingerprint density at radius 3 is 2.24 bits per heavy atom. The van der Waals surface area contributed by atoms with Crippen molar-refractivity contribution in [2.45, 2.75) is 0 Å². The van der Waals surface area contributed by atoms with Crippen LogP contribution < -0.4 is 0 Å². The summed E-state index contributed by atoms with van der Waals surface area (Å²) in [6.07, 6.45) is 4.11. The van der Waals surface area contributed by atoms with Gasteiger partial charge < -0.3 is 20.4 Å². The zero-order chi connectivity index (χ0) is 21.7. The van der Waals surface area contributed by atoms with Gasteiger partial charge in [-0.15, -0.1) is 0 Å². The van der Waals surface area contributed by atoms with E-state index in [9.17, 15) is 44.2 Å². The van der Waals surface area contributed by atoms with E-state index >= 15 is 0 Å². The van der Waals surface area contributed by atoms with Crippen LogP contribution in [0.1, 0.15) is 10.4 Å². The summed E-state index contributed by atoms with van der Waals surface area (Å²) in [5.41, 5.74) is -0.752. The van der Waals surface area contributed by atoms with Gasteiger partial charge in [0.05, 0.1) is 0 Å². The summed E-state index contributed by atoms with van der Waals surface area (Å²) in [6.45, 7) is 0. The maximum atomic E-state index is 12.3. The predicted octanol–water partition coefficient (Wildman–Crippen LogP) is 1.75. The number of hydrogen-bond donors (Lipinski definition) is 4. The molecule has 1 aromatic rings. The van der Waals surface area contributed by atoms with E-state index in [0.717, 1.165) is 36.4 Å². The minimum atomic E-state index is -3.02. The average molecular weight is 412 g/mol. The monoisotopic (exact) mass is 412 g/mol. The van der Waals surface area contributed by atoms with Gasteiger partial charge in [0.2, 0.25) is 10.3 Å². The molecule has 1 aliphatic carbocycles. The number of nitriles is 2. The molecule has 0 amide bonds. The van der Waals surface area contributed by atoms with Crippen molar-refractivity contribution in [2.75, 3.05) is 0 Å². The molecule has 0 bridgehead atoms. The van der Waals surface area contributed by atoms with Gasteiger partial charge in [-0.3, -0.25) is 4.79 Å². The molecule has 0 fully saturated rings. The lowest BCUT2D eigenvalue weighted by Gasteiger charge is -2.18. The van der Waals surface area contributed by atoms with Gasteiger partial charge in [-0.2, -0.15) is 18.9 Å². The van der Waals surface area contributed by atoms with Gasteiger partial charge in [-0.05, 0) is 35.9 Å². The summed E-state index contributed by atoms with van der Waals surface area (Å²) in [6, 6.07) is 6.49. The highest BCUT2D eigenvalue weighted by atomic mass is 32.2. The molecule has 0 heterocycles. The molecular weight excluding hydrogens is 400 g/mol. The SMILES string of the molecule is N#CC(C#N)=C(C=CC(=O)c1ccc(O)c(O)c1)C1C=CC(O)=C(O)C1=S(=O)=O. The highest BCUT2D eigenvalue weighted by molar-refractivity contribution is 7.73. The summed E-state index contributed by atoms with van der Waals surface area (Å²) in [7, 11) is -3.02. The van der Waals surface area contributed by atoms with Crippen LogP contribution >= 0.6 is 0 Å². The number of carbonyl (C=O) groups excluding carboxylic acids is 1. The first-order valence-corrected chi connectivity index (χ1v) is 8.84. The Kier molecular flexibility index (Phi) is 6.24. The second-order valence-corrected chi connectivity index (χ2v) is 6.53. The number of aromatic hydroxyl groups is 2. The van der Waals surface area contributed by atoms with Gasteiger partial charge >= 0.3 is 0 Å². The van der Waals surface area contributed by atoms with Crippen LogP contribution in [0.2, 0.25) is 0 Å². The first-order chi connectivity index (χ1) is 13.7. The molecule has 9 nitrogen and oxygen atoms in total. The minimum absolute atomic E-state index is 0.0254. The third kappa shape index (κ3) is 4.35. The predicted molar refractivity (Wildman–Crippen MR) is 100 cm³/mol. The Hall–Kier alpha value is -4.28. The summed E-state index contributed by atoms with van der Waals surface area (Å²) in [5.74, 6) is -4.62. The fraction of sp³-hybridized carbons (Fsp3) is 0.0526. The molecule has 0 saturated carbocycles. The largest absolute Gasteiger partial charge is 0.504 e. The van der Waals surface area contributed by atoms with Crippen molar-refractivity contribution < 1.29 is 33.6 Å². The summed E-state index contributed by atoms with van der Waals surface area (Å²) in [4.78, 5) is 11.6. The molecule has 0 aliphatic heterocycles. The van der Waals surface area contributed by atoms with Crippen LogP contribution in [0.25, 0.3) is 0 Å². The van der Waals surface area contributed by atoms with Crippen molar-refractivity contribution >= 4 is 20.9 Å². The normalized spacial score (nSPS) is 15.7. The average Bonchev–Trinajstić information content (AvgIpc) is 2.68. The Bertz CT molecular complexity index is 1210. The topological polar surface area (TPSA) is 180 Å². The first-order valence-electron chi connectivity index (χ1n) is 7.76. The Morgan fingerprint density at radius 2 is 1.69 bits per heavy atom. The summed E-state index contributed by atoms with van der Waals surface area (Å²) < 4.78 is 23.1. The van der Waals surface area contributed by atoms with Gasteiger partial charge in [0.1, 0.15) is 22.6 Å². The molecule has 2 rings (SSSR count). The molecule has 29 heavy (non-hydrogen) atoms. The zero-order valence-electron chi connectivity index (χ0n) is 14.4. The van der Waals surface area contributed by atoms with Crippen LogP contribution in [0.5, 0.6) is 11.5 Å². The van der Waals surface area contributed by atoms with Crippen molar-refractivity contribution in [1.29, 1.82) is 10.5 Å². The highest BCUT2D eigenvalue weighted by Gasteiger charge is 2.29. The smallest absolute Gasteiger partial charge is 0.222 e. The maximum absolute atomic E-state index is 12.3. The number of phenols is 2. The maximum Gasteiger partial charge on any atom is 0.222 e. The molecular formula is C19H12N2O7S. The van der Waals surface area contributed by atoms with Crippen molar-refractivity contribution in [2.24, 2.45) is 5.92 Å². The Morgan fingerprint density at radius 1 is 1.03 bits per heavy atom. The lowest BCUT2D eigenvalue weighted by Crippen LogP contribution is -2.23. The number of hydrogen-bond acceptors (Lipinski definition) is 9. The van der Waals surface area contributed by atoms with Gasteiger partial charge in [0.15, 0.2) is 28.8 Å². The van der Waals surface area contributed by atoms with Crippen molar-refractivity contribution in [3.63, 3.8) is 0 Å². The van der Waals surface area contributed by atoms with E-state index in [1.54, 1.807) is 12.1 Å². The molecule has 1 aromatic carbocycles. The second-order valence-electron chi connectivity index (χ2n) is 5.62. The van der Waals surface area contributed by atoms with Crippen LogP contribution in [0.4, 0.5) is 0 Å². The molecule has 1 unspecified atom stereocenters. The Labute approximate surface area is 165 Å². The molecule has 0 saturated heterocycles. The van der Waals surface area contributed by atoms with Crippen LogP contribution in [-0.2, 0) is 10.3 Å². The van der Waals surface area contributed by atoms with Crippen molar-refractivity contribution in [3.8, 4) is 23.6 Å². The van der Waals surface area contributed by atoms with E-state index in [4.69, 9.17) is 0 Å². The number of nitrogens with zero attached hydrogens (tertiary/aromatic N) is 2. The highest BCUT2D eigenvalue weighted by Crippen LogP contribution is 2.28. The van der Waals surface area contributed by atoms with E-state index in [1.165, 1.54) is 6.07 Å². The van der Waals surface area contributed by atoms with Crippen LogP contribution in [-0.4, -0.2) is 39.5 Å². The number of aliphatic hydroxyl groups is 2. The molecule has 0 radical (unpaired) electrons. The number of phenolic OH excluding ortho intramolecular Hbond substituents is 2. The minimum Gasteiger partial charge on any atom is -0.504 e. The van der Waals surface area contributed by atoms with E-state index < -0.39 is 55.4 Å². The van der Waals surface area contributed by atoms with E-state index in [2.05, 4.69) is 0 Å². The number of benzene rings is 1. The standard InChI is InChI=1S/C19H12N2O7S/c20-8-11(9-21)12(13-3-6-16(24)18(26)19(13)29(27)28)2-5-14(22)10-1-4-15(23)17(25)7-10/h1-7,13,23-26H. The zero-order valence-corrected chi connectivity index (χ0v) is 15.3. The number of allylic oxidation sites excluding steroid dienone is 7. The second kappa shape index (κ2) is 8.61. The third-order valence-corrected chi connectivity index (χ3v) is 4.71. The van der Waals surface area contributed by atoms with Crippen molar-refractivity contribution in [3.05, 3.63) is 70.7 Å². The fourth-order valence-corrected chi connectivity index (χ4v) is 3.17. The van der Waals surface area contributed by atoms with Crippen molar-refractivity contribution in [1.82, 2.24) is 0 Å². The Balaban J connectivity index is 2.57. The fourth-order valence-electron chi connectivity index (χ4n) is 2.49. The quantitative estimate of drug-likeness (QED) is 0.143. The van der Waals surface area contributed by atoms with Crippen LogP contribution in [0.15, 0.2) is 65.2 Å². The van der Waals surface area contributed by atoms with Gasteiger partial charge in [-0.1, -0.05) is 12.2 Å². The number of ketones is 1. The third-order valence-electron chi connectivity index (χ3n) is 3.91.